The van der Waals surface area contributed by atoms with Gasteiger partial charge in [0.05, 0.1) is 6.04 Å². The molecule has 2 unspecified atom stereocenters. The van der Waals surface area contributed by atoms with Gasteiger partial charge in [0.15, 0.2) is 0 Å². The standard InChI is InChI=1S/C23H35N3O5/c1-6-18(20(27)22(29)24-13-16(4)5)25-21(28)19(12-15(2)3)26-23(30)31-14-17-10-8-7-9-11-17/h7-11,15-16,18-19H,6,12-14H2,1-5H3,(H,24,29)(H,25,28)(H,26,30). The van der Waals surface area contributed by atoms with Crippen LogP contribution in [0.2, 0.25) is 0 Å². The molecule has 0 aromatic heterocycles. The van der Waals surface area contributed by atoms with Crippen LogP contribution >= 0.6 is 0 Å². The summed E-state index contributed by atoms with van der Waals surface area (Å²) in [5.41, 5.74) is 0.826. The first-order valence-corrected chi connectivity index (χ1v) is 10.7. The molecule has 31 heavy (non-hydrogen) atoms. The molecular weight excluding hydrogens is 398 g/mol. The van der Waals surface area contributed by atoms with Crippen molar-refractivity contribution in [3.05, 3.63) is 35.9 Å². The zero-order valence-corrected chi connectivity index (χ0v) is 19.1. The monoisotopic (exact) mass is 433 g/mol. The maximum atomic E-state index is 12.8. The first kappa shape index (κ1) is 26.1. The number of rotatable bonds is 12. The Morgan fingerprint density at radius 2 is 1.55 bits per heavy atom. The van der Waals surface area contributed by atoms with E-state index in [1.54, 1.807) is 6.92 Å². The molecule has 172 valence electrons. The van der Waals surface area contributed by atoms with Gasteiger partial charge in [-0.3, -0.25) is 14.4 Å². The van der Waals surface area contributed by atoms with E-state index in [9.17, 15) is 19.2 Å². The van der Waals surface area contributed by atoms with Crippen LogP contribution in [-0.2, 0) is 25.7 Å². The van der Waals surface area contributed by atoms with E-state index >= 15 is 0 Å². The lowest BCUT2D eigenvalue weighted by atomic mass is 10.0. The Bertz CT molecular complexity index is 734. The second kappa shape index (κ2) is 13.4. The van der Waals surface area contributed by atoms with Crippen LogP contribution in [0.25, 0.3) is 0 Å². The normalized spacial score (nSPS) is 12.7. The molecule has 0 heterocycles. The number of hydrogen-bond donors (Lipinski definition) is 3. The van der Waals surface area contributed by atoms with Crippen molar-refractivity contribution in [2.75, 3.05) is 6.54 Å². The molecule has 3 N–H and O–H groups in total. The van der Waals surface area contributed by atoms with Gasteiger partial charge >= 0.3 is 6.09 Å². The maximum Gasteiger partial charge on any atom is 0.408 e. The molecule has 8 nitrogen and oxygen atoms in total. The summed E-state index contributed by atoms with van der Waals surface area (Å²) < 4.78 is 5.20. The van der Waals surface area contributed by atoms with E-state index in [2.05, 4.69) is 16.0 Å². The van der Waals surface area contributed by atoms with E-state index in [4.69, 9.17) is 4.74 Å². The number of benzene rings is 1. The SMILES string of the molecule is CCC(NC(=O)C(CC(C)C)NC(=O)OCc1ccccc1)C(=O)C(=O)NCC(C)C. The molecule has 0 saturated heterocycles. The van der Waals surface area contributed by atoms with Gasteiger partial charge in [-0.05, 0) is 30.2 Å². The Kier molecular flexibility index (Phi) is 11.3. The van der Waals surface area contributed by atoms with Gasteiger partial charge < -0.3 is 20.7 Å². The van der Waals surface area contributed by atoms with Crippen LogP contribution in [0, 0.1) is 11.8 Å². The minimum Gasteiger partial charge on any atom is -0.445 e. The van der Waals surface area contributed by atoms with Crippen LogP contribution < -0.4 is 16.0 Å². The molecule has 0 aliphatic carbocycles. The van der Waals surface area contributed by atoms with Gasteiger partial charge in [-0.2, -0.15) is 0 Å². The second-order valence-corrected chi connectivity index (χ2v) is 8.33. The number of carbonyl (C=O) groups excluding carboxylic acids is 4. The lowest BCUT2D eigenvalue weighted by Crippen LogP contribution is -2.54. The smallest absolute Gasteiger partial charge is 0.408 e. The highest BCUT2D eigenvalue weighted by atomic mass is 16.5. The lowest BCUT2D eigenvalue weighted by molar-refractivity contribution is -0.140. The molecule has 0 radical (unpaired) electrons. The number of ketones is 1. The largest absolute Gasteiger partial charge is 0.445 e. The van der Waals surface area contributed by atoms with Gasteiger partial charge in [0.2, 0.25) is 11.7 Å². The quantitative estimate of drug-likeness (QED) is 0.439. The molecule has 8 heteroatoms. The number of ether oxygens (including phenoxy) is 1. The lowest BCUT2D eigenvalue weighted by Gasteiger charge is -2.23. The van der Waals surface area contributed by atoms with Crippen molar-refractivity contribution in [2.24, 2.45) is 11.8 Å². The van der Waals surface area contributed by atoms with Crippen LogP contribution in [0.15, 0.2) is 30.3 Å². The molecule has 1 aromatic carbocycles. The fourth-order valence-corrected chi connectivity index (χ4v) is 2.78. The van der Waals surface area contributed by atoms with Gasteiger partial charge in [-0.1, -0.05) is 65.0 Å². The van der Waals surface area contributed by atoms with Gasteiger partial charge in [0, 0.05) is 6.54 Å². The molecule has 0 saturated carbocycles. The van der Waals surface area contributed by atoms with E-state index < -0.39 is 35.8 Å². The molecule has 0 fully saturated rings. The molecule has 0 aliphatic heterocycles. The number of Topliss-reactive ketones (excluding diaryl/α,β-unsaturated/α-hetero) is 1. The summed E-state index contributed by atoms with van der Waals surface area (Å²) in [4.78, 5) is 49.5. The summed E-state index contributed by atoms with van der Waals surface area (Å²) in [7, 11) is 0. The summed E-state index contributed by atoms with van der Waals surface area (Å²) in [5.74, 6) is -1.65. The van der Waals surface area contributed by atoms with Gasteiger partial charge in [-0.25, -0.2) is 4.79 Å². The highest BCUT2D eigenvalue weighted by Crippen LogP contribution is 2.08. The number of nitrogens with one attached hydrogen (secondary N) is 3. The Labute approximate surface area is 184 Å². The summed E-state index contributed by atoms with van der Waals surface area (Å²) in [6.07, 6.45) is -0.109. The third kappa shape index (κ3) is 10.1. The average Bonchev–Trinajstić information content (AvgIpc) is 2.73. The van der Waals surface area contributed by atoms with E-state index in [1.165, 1.54) is 0 Å². The van der Waals surface area contributed by atoms with Crippen LogP contribution in [0.4, 0.5) is 4.79 Å². The highest BCUT2D eigenvalue weighted by Gasteiger charge is 2.29. The highest BCUT2D eigenvalue weighted by molar-refractivity contribution is 6.38. The van der Waals surface area contributed by atoms with E-state index in [0.29, 0.717) is 13.0 Å². The van der Waals surface area contributed by atoms with Crippen molar-refractivity contribution in [1.29, 1.82) is 0 Å². The summed E-state index contributed by atoms with van der Waals surface area (Å²) in [6, 6.07) is 7.35. The van der Waals surface area contributed by atoms with Crippen molar-refractivity contribution in [1.82, 2.24) is 16.0 Å². The predicted octanol–water partition coefficient (Wildman–Crippen LogP) is 2.56. The van der Waals surface area contributed by atoms with Crippen LogP contribution in [-0.4, -0.2) is 42.3 Å². The molecule has 3 amide bonds. The molecule has 0 bridgehead atoms. The molecule has 0 aliphatic rings. The minimum atomic E-state index is -0.962. The fourth-order valence-electron chi connectivity index (χ4n) is 2.78. The third-order valence-electron chi connectivity index (χ3n) is 4.46. The fraction of sp³-hybridized carbons (Fsp3) is 0.565. The van der Waals surface area contributed by atoms with Gasteiger partial charge in [0.25, 0.3) is 5.91 Å². The Morgan fingerprint density at radius 3 is 2.10 bits per heavy atom. The topological polar surface area (TPSA) is 114 Å². The number of hydrogen-bond acceptors (Lipinski definition) is 5. The Balaban J connectivity index is 2.71. The Hall–Kier alpha value is -2.90. The van der Waals surface area contributed by atoms with E-state index in [0.717, 1.165) is 5.56 Å². The first-order valence-electron chi connectivity index (χ1n) is 10.7. The number of alkyl carbamates (subject to hydrolysis) is 1. The summed E-state index contributed by atoms with van der Waals surface area (Å²) in [5, 5.41) is 7.74. The number of amides is 3. The van der Waals surface area contributed by atoms with Crippen molar-refractivity contribution in [3.8, 4) is 0 Å². The van der Waals surface area contributed by atoms with Crippen molar-refractivity contribution >= 4 is 23.7 Å². The van der Waals surface area contributed by atoms with Gasteiger partial charge in [0.1, 0.15) is 12.6 Å². The first-order chi connectivity index (χ1) is 14.6. The summed E-state index contributed by atoms with van der Waals surface area (Å²) >= 11 is 0. The third-order valence-corrected chi connectivity index (χ3v) is 4.46. The van der Waals surface area contributed by atoms with Crippen LogP contribution in [0.5, 0.6) is 0 Å². The Morgan fingerprint density at radius 1 is 0.903 bits per heavy atom. The summed E-state index contributed by atoms with van der Waals surface area (Å²) in [6.45, 7) is 9.83. The van der Waals surface area contributed by atoms with Crippen LogP contribution in [0.1, 0.15) is 53.0 Å². The van der Waals surface area contributed by atoms with Crippen molar-refractivity contribution in [3.63, 3.8) is 0 Å². The second-order valence-electron chi connectivity index (χ2n) is 8.33. The molecule has 1 rings (SSSR count). The maximum absolute atomic E-state index is 12.8. The predicted molar refractivity (Wildman–Crippen MR) is 118 cm³/mol. The van der Waals surface area contributed by atoms with E-state index in [-0.39, 0.29) is 24.9 Å². The zero-order valence-electron chi connectivity index (χ0n) is 19.1. The number of carbonyl (C=O) groups is 4. The average molecular weight is 434 g/mol. The molecule has 1 aromatic rings. The molecule has 2 atom stereocenters. The minimum absolute atomic E-state index is 0.0782. The van der Waals surface area contributed by atoms with Crippen molar-refractivity contribution < 1.29 is 23.9 Å². The van der Waals surface area contributed by atoms with Crippen molar-refractivity contribution in [2.45, 2.75) is 66.2 Å². The molecular formula is C23H35N3O5. The zero-order chi connectivity index (χ0) is 23.4. The van der Waals surface area contributed by atoms with Crippen LogP contribution in [0.3, 0.4) is 0 Å². The van der Waals surface area contributed by atoms with E-state index in [1.807, 2.05) is 58.0 Å². The molecule has 0 spiro atoms. The van der Waals surface area contributed by atoms with Gasteiger partial charge in [-0.15, -0.1) is 0 Å².